The van der Waals surface area contributed by atoms with Gasteiger partial charge in [0.15, 0.2) is 0 Å². The molecule has 4 rings (SSSR count). The van der Waals surface area contributed by atoms with E-state index in [1.807, 2.05) is 0 Å². The van der Waals surface area contributed by atoms with Gasteiger partial charge < -0.3 is 36.2 Å². The third kappa shape index (κ3) is 5.75. The number of hydrogen-bond acceptors (Lipinski definition) is 8. The highest BCUT2D eigenvalue weighted by Crippen LogP contribution is 2.51. The number of carboxylic acids is 1. The molecule has 4 aliphatic heterocycles. The van der Waals surface area contributed by atoms with Crippen molar-refractivity contribution < 1.29 is 37.9 Å². The Labute approximate surface area is 228 Å². The van der Waals surface area contributed by atoms with Crippen LogP contribution in [0.4, 0.5) is 8.78 Å². The van der Waals surface area contributed by atoms with E-state index in [9.17, 15) is 37.9 Å². The first-order valence-electron chi connectivity index (χ1n) is 13.0. The quantitative estimate of drug-likeness (QED) is 0.205. The van der Waals surface area contributed by atoms with Gasteiger partial charge in [-0.15, -0.1) is 11.8 Å². The lowest BCUT2D eigenvalue weighted by Crippen LogP contribution is -2.66. The van der Waals surface area contributed by atoms with Gasteiger partial charge in [0.05, 0.1) is 24.5 Å². The van der Waals surface area contributed by atoms with Crippen molar-refractivity contribution in [2.45, 2.75) is 62.5 Å². The second-order valence-electron chi connectivity index (χ2n) is 10.4. The first-order valence-corrected chi connectivity index (χ1v) is 13.8. The highest BCUT2D eigenvalue weighted by molar-refractivity contribution is 8.03. The van der Waals surface area contributed by atoms with Gasteiger partial charge in [-0.1, -0.05) is 6.92 Å². The van der Waals surface area contributed by atoms with E-state index >= 15 is 0 Å². The lowest BCUT2D eigenvalue weighted by molar-refractivity contribution is -0.159. The van der Waals surface area contributed by atoms with E-state index < -0.39 is 48.3 Å². The van der Waals surface area contributed by atoms with Crippen molar-refractivity contribution in [3.05, 3.63) is 10.6 Å². The van der Waals surface area contributed by atoms with E-state index in [4.69, 9.17) is 0 Å². The van der Waals surface area contributed by atoms with E-state index in [1.54, 1.807) is 18.9 Å². The number of likely N-dealkylation sites (tertiary alicyclic amines) is 1. The Balaban J connectivity index is 1.37. The summed E-state index contributed by atoms with van der Waals surface area (Å²) in [5.41, 5.74) is -0.124. The molecular formula is C24H34F2N6O6S. The fourth-order valence-corrected chi connectivity index (χ4v) is 7.45. The molecule has 12 nitrogen and oxygen atoms in total. The van der Waals surface area contributed by atoms with Crippen LogP contribution in [-0.4, -0.2) is 114 Å². The number of nitrogens with zero attached hydrogens (tertiary/aromatic N) is 2. The summed E-state index contributed by atoms with van der Waals surface area (Å²) in [6, 6.07) is -2.00. The van der Waals surface area contributed by atoms with Gasteiger partial charge in [-0.05, 0) is 26.8 Å². The number of hydrogen-bond donors (Lipinski definition) is 5. The maximum absolute atomic E-state index is 13.1. The van der Waals surface area contributed by atoms with E-state index in [-0.39, 0.29) is 41.3 Å². The molecule has 0 bridgehead atoms. The van der Waals surface area contributed by atoms with E-state index in [1.165, 1.54) is 23.6 Å². The molecule has 3 fully saturated rings. The number of alkyl halides is 2. The van der Waals surface area contributed by atoms with Crippen LogP contribution in [0.15, 0.2) is 10.6 Å². The molecule has 3 saturated heterocycles. The molecule has 4 aliphatic rings. The van der Waals surface area contributed by atoms with E-state index in [0.717, 1.165) is 0 Å². The number of rotatable bonds is 10. The predicted octanol–water partition coefficient (Wildman–Crippen LogP) is -1.07. The van der Waals surface area contributed by atoms with Crippen molar-refractivity contribution in [1.82, 2.24) is 31.1 Å². The van der Waals surface area contributed by atoms with Gasteiger partial charge in [0.1, 0.15) is 5.70 Å². The zero-order chi connectivity index (χ0) is 28.6. The molecule has 15 heteroatoms. The Bertz CT molecular complexity index is 1080. The first-order chi connectivity index (χ1) is 18.4. The fourth-order valence-electron chi connectivity index (χ4n) is 5.97. The highest BCUT2D eigenvalue weighted by Gasteiger charge is 2.60. The van der Waals surface area contributed by atoms with Crippen molar-refractivity contribution in [3.8, 4) is 0 Å². The molecule has 5 N–H and O–H groups in total. The minimum Gasteiger partial charge on any atom is -0.477 e. The van der Waals surface area contributed by atoms with Crippen molar-refractivity contribution in [3.63, 3.8) is 0 Å². The molecule has 39 heavy (non-hydrogen) atoms. The number of β-lactam (4-membered cyclic amide) rings is 1. The summed E-state index contributed by atoms with van der Waals surface area (Å²) >= 11 is 1.32. The predicted molar refractivity (Wildman–Crippen MR) is 136 cm³/mol. The normalized spacial score (nSPS) is 30.9. The third-order valence-corrected chi connectivity index (χ3v) is 9.29. The molecule has 4 amide bonds. The largest absolute Gasteiger partial charge is 0.477 e. The standard InChI is InChI=1S/C24H34F2N6O6S/c1-10-17-16(11(2)29-21(34)20(25)26)23(36)32(17)18(24(37)38)19(10)39-13-6-14(28-7-13)22(35)31-5-4-12(9-31)30-15(33)8-27-3/h10-14,16-17,20,27-28H,4-9H2,1-3H3,(H,29,34)(H,30,33)(H,37,38)/t10-,11?,12+,13+,14+,16-,17-/m1/s1. The molecule has 216 valence electrons. The maximum Gasteiger partial charge on any atom is 0.353 e. The lowest BCUT2D eigenvalue weighted by Gasteiger charge is -2.47. The molecule has 0 spiro atoms. The van der Waals surface area contributed by atoms with Crippen molar-refractivity contribution in [2.75, 3.05) is 33.2 Å². The molecule has 0 saturated carbocycles. The zero-order valence-corrected chi connectivity index (χ0v) is 22.7. The fraction of sp³-hybridized carbons (Fsp3) is 0.708. The SMILES string of the molecule is CNCC(=O)N[C@H]1CCN(C(=O)[C@@H]2C[C@H](SC3=C(C(=O)O)N4C(=O)[C@H](C(C)NC(=O)C(F)F)[C@H]4[C@H]3C)CN2)C1. The number of carbonyl (C=O) groups is 5. The van der Waals surface area contributed by atoms with Crippen molar-refractivity contribution >= 4 is 41.4 Å². The van der Waals surface area contributed by atoms with Crippen molar-refractivity contribution in [2.24, 2.45) is 11.8 Å². The van der Waals surface area contributed by atoms with Gasteiger partial charge in [0, 0.05) is 47.8 Å². The average Bonchev–Trinajstić information content (AvgIpc) is 3.57. The minimum absolute atomic E-state index is 0.0713. The Morgan fingerprint density at radius 2 is 1.97 bits per heavy atom. The number of fused-ring (bicyclic) bond motifs is 1. The second-order valence-corrected chi connectivity index (χ2v) is 11.8. The molecule has 0 aromatic heterocycles. The summed E-state index contributed by atoms with van der Waals surface area (Å²) in [6.45, 7) is 4.87. The van der Waals surface area contributed by atoms with E-state index in [2.05, 4.69) is 21.3 Å². The van der Waals surface area contributed by atoms with Crippen LogP contribution < -0.4 is 21.3 Å². The third-order valence-electron chi connectivity index (χ3n) is 7.78. The summed E-state index contributed by atoms with van der Waals surface area (Å²) in [5, 5.41) is 20.9. The first kappa shape index (κ1) is 29.2. The molecule has 0 aromatic carbocycles. The maximum atomic E-state index is 13.1. The molecule has 7 atom stereocenters. The van der Waals surface area contributed by atoms with Gasteiger partial charge in [0.2, 0.25) is 17.7 Å². The van der Waals surface area contributed by atoms with Crippen LogP contribution in [0.1, 0.15) is 26.7 Å². The molecule has 0 aliphatic carbocycles. The van der Waals surface area contributed by atoms with Gasteiger partial charge in [-0.3, -0.25) is 19.2 Å². The van der Waals surface area contributed by atoms with Crippen LogP contribution in [-0.2, 0) is 24.0 Å². The molecule has 4 heterocycles. The van der Waals surface area contributed by atoms with Crippen molar-refractivity contribution in [1.29, 1.82) is 0 Å². The summed E-state index contributed by atoms with van der Waals surface area (Å²) in [6.07, 6.45) is -2.09. The van der Waals surface area contributed by atoms with Gasteiger partial charge in [-0.25, -0.2) is 4.79 Å². The Kier molecular flexibility index (Phi) is 8.81. The Morgan fingerprint density at radius 3 is 2.62 bits per heavy atom. The number of likely N-dealkylation sites (N-methyl/N-ethyl adjacent to an activating group) is 1. The summed E-state index contributed by atoms with van der Waals surface area (Å²) < 4.78 is 25.4. The summed E-state index contributed by atoms with van der Waals surface area (Å²) in [7, 11) is 1.68. The van der Waals surface area contributed by atoms with Crippen LogP contribution in [0.5, 0.6) is 0 Å². The summed E-state index contributed by atoms with van der Waals surface area (Å²) in [5.74, 6) is -4.66. The Morgan fingerprint density at radius 1 is 1.26 bits per heavy atom. The number of nitrogens with one attached hydrogen (secondary N) is 4. The number of aliphatic carboxylic acids is 1. The summed E-state index contributed by atoms with van der Waals surface area (Å²) in [4.78, 5) is 64.9. The average molecular weight is 573 g/mol. The van der Waals surface area contributed by atoms with Crippen LogP contribution >= 0.6 is 11.8 Å². The van der Waals surface area contributed by atoms with Gasteiger partial charge in [-0.2, -0.15) is 8.78 Å². The zero-order valence-electron chi connectivity index (χ0n) is 21.9. The minimum atomic E-state index is -3.22. The number of amides is 4. The number of carbonyl (C=O) groups excluding carboxylic acids is 4. The number of carboxylic acid groups (broad SMARTS) is 1. The molecule has 0 radical (unpaired) electrons. The van der Waals surface area contributed by atoms with Gasteiger partial charge in [0.25, 0.3) is 5.91 Å². The molecule has 0 aromatic rings. The second kappa shape index (κ2) is 11.8. The van der Waals surface area contributed by atoms with Crippen LogP contribution in [0.3, 0.4) is 0 Å². The van der Waals surface area contributed by atoms with Crippen LogP contribution in [0.2, 0.25) is 0 Å². The molecular weight excluding hydrogens is 538 g/mol. The number of thioether (sulfide) groups is 1. The topological polar surface area (TPSA) is 160 Å². The van der Waals surface area contributed by atoms with Gasteiger partial charge >= 0.3 is 12.4 Å². The monoisotopic (exact) mass is 572 g/mol. The molecule has 1 unspecified atom stereocenters. The highest BCUT2D eigenvalue weighted by atomic mass is 32.2. The van der Waals surface area contributed by atoms with Crippen LogP contribution in [0.25, 0.3) is 0 Å². The smallest absolute Gasteiger partial charge is 0.353 e. The lowest BCUT2D eigenvalue weighted by atomic mass is 9.78. The van der Waals surface area contributed by atoms with Crippen LogP contribution in [0, 0.1) is 11.8 Å². The van der Waals surface area contributed by atoms with E-state index in [0.29, 0.717) is 37.4 Å². The Hall–Kier alpha value is -2.78. The number of halogens is 2.